The number of rotatable bonds is 6. The zero-order valence-electron chi connectivity index (χ0n) is 11.6. The fourth-order valence-electron chi connectivity index (χ4n) is 1.78. The minimum Gasteiger partial charge on any atom is -0.433 e. The third-order valence-corrected chi connectivity index (χ3v) is 2.81. The summed E-state index contributed by atoms with van der Waals surface area (Å²) < 4.78 is 28.2. The summed E-state index contributed by atoms with van der Waals surface area (Å²) >= 11 is 0. The molecule has 1 aromatic heterocycles. The number of nitriles is 1. The van der Waals surface area contributed by atoms with Crippen LogP contribution in [0, 0.1) is 21.4 Å². The van der Waals surface area contributed by atoms with Gasteiger partial charge in [-0.25, -0.2) is 0 Å². The average Bonchev–Trinajstić information content (AvgIpc) is 2.53. The lowest BCUT2D eigenvalue weighted by molar-refractivity contribution is -0.385. The molecular formula is C14H10F2N4O3. The highest BCUT2D eigenvalue weighted by Crippen LogP contribution is 2.22. The minimum absolute atomic E-state index is 0.0501. The van der Waals surface area contributed by atoms with Crippen molar-refractivity contribution in [2.75, 3.05) is 5.32 Å². The van der Waals surface area contributed by atoms with Crippen molar-refractivity contribution in [3.8, 4) is 11.8 Å². The maximum absolute atomic E-state index is 12.0. The average molecular weight is 320 g/mol. The Hall–Kier alpha value is -3.28. The van der Waals surface area contributed by atoms with Gasteiger partial charge in [0.15, 0.2) is 0 Å². The molecule has 7 nitrogen and oxygen atoms in total. The summed E-state index contributed by atoms with van der Waals surface area (Å²) in [6, 6.07) is 8.66. The molecule has 0 spiro atoms. The number of aromatic nitrogens is 1. The monoisotopic (exact) mass is 320 g/mol. The molecule has 118 valence electrons. The summed E-state index contributed by atoms with van der Waals surface area (Å²) in [6.07, 6.45) is 1.17. The fraction of sp³-hybridized carbons (Fsp3) is 0.143. The second-order valence-corrected chi connectivity index (χ2v) is 4.32. The molecule has 0 fully saturated rings. The van der Waals surface area contributed by atoms with Crippen LogP contribution in [0.3, 0.4) is 0 Å². The molecule has 0 radical (unpaired) electrons. The standard InChI is InChI=1S/C14H10F2N4O3/c15-14(16)23-12-3-1-11(19-8-12)7-18-10-2-4-13(20(21)22)9(5-10)6-17/h1-5,8,14,18H,7H2. The van der Waals surface area contributed by atoms with Gasteiger partial charge in [-0.2, -0.15) is 14.0 Å². The third kappa shape index (κ3) is 4.34. The number of nitrogens with one attached hydrogen (secondary N) is 1. The Morgan fingerprint density at radius 3 is 2.74 bits per heavy atom. The number of alkyl halides is 2. The first kappa shape index (κ1) is 16.1. The number of benzene rings is 1. The number of nitro benzene ring substituents is 1. The lowest BCUT2D eigenvalue weighted by Gasteiger charge is -2.08. The van der Waals surface area contributed by atoms with E-state index >= 15 is 0 Å². The van der Waals surface area contributed by atoms with E-state index in [-0.39, 0.29) is 23.5 Å². The van der Waals surface area contributed by atoms with Crippen molar-refractivity contribution in [3.63, 3.8) is 0 Å². The van der Waals surface area contributed by atoms with Crippen molar-refractivity contribution in [1.29, 1.82) is 5.26 Å². The number of ether oxygens (including phenoxy) is 1. The number of hydrogen-bond acceptors (Lipinski definition) is 6. The highest BCUT2D eigenvalue weighted by molar-refractivity contribution is 5.58. The molecule has 2 aromatic rings. The smallest absolute Gasteiger partial charge is 0.387 e. The highest BCUT2D eigenvalue weighted by Gasteiger charge is 2.13. The first-order valence-electron chi connectivity index (χ1n) is 6.31. The number of nitrogens with zero attached hydrogens (tertiary/aromatic N) is 3. The van der Waals surface area contributed by atoms with Crippen LogP contribution in [-0.4, -0.2) is 16.5 Å². The zero-order chi connectivity index (χ0) is 16.8. The number of nitro groups is 1. The van der Waals surface area contributed by atoms with Gasteiger partial charge in [-0.05, 0) is 24.3 Å². The van der Waals surface area contributed by atoms with Gasteiger partial charge in [0.2, 0.25) is 0 Å². The maximum atomic E-state index is 12.0. The van der Waals surface area contributed by atoms with Gasteiger partial charge in [-0.1, -0.05) is 0 Å². The third-order valence-electron chi connectivity index (χ3n) is 2.81. The first-order chi connectivity index (χ1) is 11.0. The van der Waals surface area contributed by atoms with E-state index in [0.29, 0.717) is 11.4 Å². The van der Waals surface area contributed by atoms with Gasteiger partial charge < -0.3 is 10.1 Å². The van der Waals surface area contributed by atoms with Crippen LogP contribution in [0.4, 0.5) is 20.2 Å². The van der Waals surface area contributed by atoms with Crippen LogP contribution >= 0.6 is 0 Å². The van der Waals surface area contributed by atoms with Crippen molar-refractivity contribution < 1.29 is 18.4 Å². The van der Waals surface area contributed by atoms with E-state index < -0.39 is 11.5 Å². The normalized spacial score (nSPS) is 10.2. The molecule has 23 heavy (non-hydrogen) atoms. The molecule has 0 aliphatic carbocycles. The minimum atomic E-state index is -2.91. The summed E-state index contributed by atoms with van der Waals surface area (Å²) in [5, 5.41) is 22.6. The topological polar surface area (TPSA) is 101 Å². The molecule has 0 unspecified atom stereocenters. The van der Waals surface area contributed by atoms with E-state index in [9.17, 15) is 18.9 Å². The molecular weight excluding hydrogens is 310 g/mol. The van der Waals surface area contributed by atoms with Gasteiger partial charge >= 0.3 is 6.61 Å². The van der Waals surface area contributed by atoms with Crippen LogP contribution < -0.4 is 10.1 Å². The maximum Gasteiger partial charge on any atom is 0.387 e. The van der Waals surface area contributed by atoms with Gasteiger partial charge in [0.1, 0.15) is 17.4 Å². The second-order valence-electron chi connectivity index (χ2n) is 4.32. The lowest BCUT2D eigenvalue weighted by atomic mass is 10.1. The van der Waals surface area contributed by atoms with Crippen LogP contribution in [0.25, 0.3) is 0 Å². The molecule has 1 N–H and O–H groups in total. The molecule has 1 aromatic carbocycles. The molecule has 9 heteroatoms. The van der Waals surface area contributed by atoms with Crippen molar-refractivity contribution in [2.24, 2.45) is 0 Å². The Kier molecular flexibility index (Phi) is 4.99. The zero-order valence-corrected chi connectivity index (χ0v) is 11.6. The van der Waals surface area contributed by atoms with Gasteiger partial charge in [-0.15, -0.1) is 0 Å². The second kappa shape index (κ2) is 7.13. The number of pyridine rings is 1. The number of anilines is 1. The SMILES string of the molecule is N#Cc1cc(NCc2ccc(OC(F)F)cn2)ccc1[N+](=O)[O-]. The molecule has 0 saturated heterocycles. The molecule has 2 rings (SSSR count). The highest BCUT2D eigenvalue weighted by atomic mass is 19.3. The molecule has 0 aliphatic heterocycles. The lowest BCUT2D eigenvalue weighted by Crippen LogP contribution is -2.05. The summed E-state index contributed by atoms with van der Waals surface area (Å²) in [4.78, 5) is 14.0. The molecule has 0 atom stereocenters. The van der Waals surface area contributed by atoms with Gasteiger partial charge in [-0.3, -0.25) is 15.1 Å². The summed E-state index contributed by atoms with van der Waals surface area (Å²) in [5.41, 5.74) is 0.712. The quantitative estimate of drug-likeness (QED) is 0.648. The molecule has 0 saturated carbocycles. The molecule has 0 aliphatic rings. The van der Waals surface area contributed by atoms with E-state index in [1.54, 1.807) is 6.07 Å². The Morgan fingerprint density at radius 1 is 1.39 bits per heavy atom. The van der Waals surface area contributed by atoms with E-state index in [1.165, 1.54) is 36.5 Å². The fourth-order valence-corrected chi connectivity index (χ4v) is 1.78. The number of hydrogen-bond donors (Lipinski definition) is 1. The van der Waals surface area contributed by atoms with Crippen LogP contribution in [0.15, 0.2) is 36.5 Å². The van der Waals surface area contributed by atoms with Crippen molar-refractivity contribution >= 4 is 11.4 Å². The van der Waals surface area contributed by atoms with E-state index in [1.807, 2.05) is 0 Å². The Balaban J connectivity index is 2.03. The molecule has 0 amide bonds. The van der Waals surface area contributed by atoms with Crippen LogP contribution in [0.1, 0.15) is 11.3 Å². The predicted octanol–water partition coefficient (Wildman–Crippen LogP) is 3.07. The van der Waals surface area contributed by atoms with E-state index in [2.05, 4.69) is 15.0 Å². The van der Waals surface area contributed by atoms with Crippen molar-refractivity contribution in [3.05, 3.63) is 57.9 Å². The molecule has 0 bridgehead atoms. The summed E-state index contributed by atoms with van der Waals surface area (Å²) in [7, 11) is 0. The Morgan fingerprint density at radius 2 is 2.17 bits per heavy atom. The van der Waals surface area contributed by atoms with Crippen molar-refractivity contribution in [1.82, 2.24) is 4.98 Å². The van der Waals surface area contributed by atoms with Crippen LogP contribution in [0.2, 0.25) is 0 Å². The van der Waals surface area contributed by atoms with E-state index in [4.69, 9.17) is 5.26 Å². The molecule has 1 heterocycles. The van der Waals surface area contributed by atoms with Crippen LogP contribution in [-0.2, 0) is 6.54 Å². The van der Waals surface area contributed by atoms with Gasteiger partial charge in [0.05, 0.1) is 23.4 Å². The predicted molar refractivity (Wildman–Crippen MR) is 76.0 cm³/mol. The Labute approximate surface area is 129 Å². The summed E-state index contributed by atoms with van der Waals surface area (Å²) in [6.45, 7) is -2.66. The van der Waals surface area contributed by atoms with Gasteiger partial charge in [0.25, 0.3) is 5.69 Å². The van der Waals surface area contributed by atoms with Crippen molar-refractivity contribution in [2.45, 2.75) is 13.2 Å². The first-order valence-corrected chi connectivity index (χ1v) is 6.31. The summed E-state index contributed by atoms with van der Waals surface area (Å²) in [5.74, 6) is -0.0501. The largest absolute Gasteiger partial charge is 0.433 e. The van der Waals surface area contributed by atoms with Crippen LogP contribution in [0.5, 0.6) is 5.75 Å². The number of halogens is 2. The van der Waals surface area contributed by atoms with E-state index in [0.717, 1.165) is 0 Å². The van der Waals surface area contributed by atoms with Gasteiger partial charge in [0, 0.05) is 11.8 Å². The Bertz CT molecular complexity index is 745.